The number of hydrogen-bond donors (Lipinski definition) is 2. The molecule has 1 atom stereocenters. The van der Waals surface area contributed by atoms with E-state index in [9.17, 15) is 9.59 Å². The number of nitrogens with zero attached hydrogens (tertiary/aromatic N) is 3. The highest BCUT2D eigenvalue weighted by atomic mass is 16.2. The van der Waals surface area contributed by atoms with Gasteiger partial charge in [-0.2, -0.15) is 5.10 Å². The first-order chi connectivity index (χ1) is 15.1. The Kier molecular flexibility index (Phi) is 6.82. The van der Waals surface area contributed by atoms with Crippen molar-refractivity contribution >= 4 is 17.9 Å². The third kappa shape index (κ3) is 5.22. The summed E-state index contributed by atoms with van der Waals surface area (Å²) >= 11 is 0. The SMILES string of the molecule is CN(Cc1n[nH]c2c1CCCC2)C(=O)C[C@H]1C(=O)NCCN1C/C=C/c1ccccc1. The van der Waals surface area contributed by atoms with Gasteiger partial charge in [0.1, 0.15) is 0 Å². The van der Waals surface area contributed by atoms with Crippen molar-refractivity contribution in [3.8, 4) is 0 Å². The number of benzene rings is 1. The maximum atomic E-state index is 13.0. The average molecular weight is 422 g/mol. The second-order valence-electron chi connectivity index (χ2n) is 8.40. The molecule has 2 aromatic rings. The molecule has 1 fully saturated rings. The van der Waals surface area contributed by atoms with E-state index in [1.165, 1.54) is 24.1 Å². The van der Waals surface area contributed by atoms with Crippen LogP contribution < -0.4 is 5.32 Å². The van der Waals surface area contributed by atoms with Crippen LogP contribution in [0.25, 0.3) is 6.08 Å². The summed E-state index contributed by atoms with van der Waals surface area (Å²) in [4.78, 5) is 29.3. The molecule has 164 valence electrons. The van der Waals surface area contributed by atoms with Crippen molar-refractivity contribution in [2.24, 2.45) is 0 Å². The maximum Gasteiger partial charge on any atom is 0.237 e. The van der Waals surface area contributed by atoms with E-state index in [0.29, 0.717) is 19.6 Å². The van der Waals surface area contributed by atoms with Gasteiger partial charge in [0, 0.05) is 32.4 Å². The second-order valence-corrected chi connectivity index (χ2v) is 8.40. The van der Waals surface area contributed by atoms with Crippen LogP contribution in [0.2, 0.25) is 0 Å². The molecular formula is C24H31N5O2. The highest BCUT2D eigenvalue weighted by Gasteiger charge is 2.32. The van der Waals surface area contributed by atoms with Crippen LogP contribution >= 0.6 is 0 Å². The van der Waals surface area contributed by atoms with Crippen LogP contribution in [0, 0.1) is 0 Å². The van der Waals surface area contributed by atoms with Crippen LogP contribution in [-0.4, -0.2) is 64.5 Å². The summed E-state index contributed by atoms with van der Waals surface area (Å²) in [5.41, 5.74) is 4.57. The molecule has 2 N–H and O–H groups in total. The van der Waals surface area contributed by atoms with E-state index in [-0.39, 0.29) is 18.2 Å². The molecular weight excluding hydrogens is 390 g/mol. The third-order valence-electron chi connectivity index (χ3n) is 6.21. The van der Waals surface area contributed by atoms with Gasteiger partial charge in [-0.3, -0.25) is 19.6 Å². The second kappa shape index (κ2) is 9.92. The molecule has 1 aliphatic heterocycles. The van der Waals surface area contributed by atoms with Crippen LogP contribution in [0.1, 0.15) is 41.8 Å². The first-order valence-corrected chi connectivity index (χ1v) is 11.1. The lowest BCUT2D eigenvalue weighted by molar-refractivity contribution is -0.138. The molecule has 1 saturated heterocycles. The van der Waals surface area contributed by atoms with E-state index < -0.39 is 6.04 Å². The smallest absolute Gasteiger partial charge is 0.237 e. The predicted molar refractivity (Wildman–Crippen MR) is 120 cm³/mol. The number of carbonyl (C=O) groups excluding carboxylic acids is 2. The van der Waals surface area contributed by atoms with Gasteiger partial charge in [0.2, 0.25) is 11.8 Å². The number of amides is 2. The molecule has 1 aromatic heterocycles. The van der Waals surface area contributed by atoms with Crippen LogP contribution in [-0.2, 0) is 29.0 Å². The van der Waals surface area contributed by atoms with Gasteiger partial charge >= 0.3 is 0 Å². The van der Waals surface area contributed by atoms with E-state index in [2.05, 4.69) is 32.6 Å². The minimum Gasteiger partial charge on any atom is -0.353 e. The monoisotopic (exact) mass is 421 g/mol. The Bertz CT molecular complexity index is 937. The van der Waals surface area contributed by atoms with Crippen LogP contribution in [0.3, 0.4) is 0 Å². The summed E-state index contributed by atoms with van der Waals surface area (Å²) in [5.74, 6) is -0.107. The molecule has 0 saturated carbocycles. The fraction of sp³-hybridized carbons (Fsp3) is 0.458. The number of nitrogens with one attached hydrogen (secondary N) is 2. The van der Waals surface area contributed by atoms with Gasteiger partial charge in [-0.05, 0) is 36.8 Å². The average Bonchev–Trinajstić information content (AvgIpc) is 3.19. The zero-order valence-electron chi connectivity index (χ0n) is 18.1. The zero-order valence-corrected chi connectivity index (χ0v) is 18.1. The summed E-state index contributed by atoms with van der Waals surface area (Å²) in [6.07, 6.45) is 8.71. The predicted octanol–water partition coefficient (Wildman–Crippen LogP) is 2.15. The minimum atomic E-state index is -0.447. The molecule has 2 heterocycles. The lowest BCUT2D eigenvalue weighted by atomic mass is 9.96. The fourth-order valence-electron chi connectivity index (χ4n) is 4.41. The Morgan fingerprint density at radius 1 is 1.26 bits per heavy atom. The van der Waals surface area contributed by atoms with Crippen molar-refractivity contribution in [2.45, 2.75) is 44.7 Å². The Balaban J connectivity index is 1.36. The third-order valence-corrected chi connectivity index (χ3v) is 6.21. The van der Waals surface area contributed by atoms with Gasteiger partial charge in [-0.1, -0.05) is 42.5 Å². The molecule has 1 aliphatic carbocycles. The summed E-state index contributed by atoms with van der Waals surface area (Å²) in [7, 11) is 1.80. The molecule has 0 unspecified atom stereocenters. The lowest BCUT2D eigenvalue weighted by Crippen LogP contribution is -2.56. The number of aryl methyl sites for hydroxylation is 1. The van der Waals surface area contributed by atoms with E-state index in [1.54, 1.807) is 11.9 Å². The number of H-pyrrole nitrogens is 1. The molecule has 31 heavy (non-hydrogen) atoms. The van der Waals surface area contributed by atoms with Crippen molar-refractivity contribution in [2.75, 3.05) is 26.7 Å². The van der Waals surface area contributed by atoms with Gasteiger partial charge in [-0.15, -0.1) is 0 Å². The number of carbonyl (C=O) groups is 2. The maximum absolute atomic E-state index is 13.0. The zero-order chi connectivity index (χ0) is 21.6. The number of hydrogen-bond acceptors (Lipinski definition) is 4. The number of rotatable bonds is 7. The summed E-state index contributed by atoms with van der Waals surface area (Å²) < 4.78 is 0. The van der Waals surface area contributed by atoms with Crippen molar-refractivity contribution in [3.63, 3.8) is 0 Å². The van der Waals surface area contributed by atoms with Gasteiger partial charge < -0.3 is 10.2 Å². The molecule has 0 spiro atoms. The summed E-state index contributed by atoms with van der Waals surface area (Å²) in [6, 6.07) is 9.64. The molecule has 4 rings (SSSR count). The van der Waals surface area contributed by atoms with Crippen LogP contribution in [0.15, 0.2) is 36.4 Å². The minimum absolute atomic E-state index is 0.0355. The molecule has 0 bridgehead atoms. The summed E-state index contributed by atoms with van der Waals surface area (Å²) in [6.45, 7) is 2.46. The van der Waals surface area contributed by atoms with Gasteiger partial charge in [0.15, 0.2) is 0 Å². The molecule has 1 aromatic carbocycles. The number of piperazine rings is 1. The highest BCUT2D eigenvalue weighted by molar-refractivity contribution is 5.88. The number of aromatic amines is 1. The van der Waals surface area contributed by atoms with Crippen LogP contribution in [0.5, 0.6) is 0 Å². The molecule has 2 aliphatic rings. The van der Waals surface area contributed by atoms with Gasteiger partial charge in [0.05, 0.1) is 24.7 Å². The largest absolute Gasteiger partial charge is 0.353 e. The van der Waals surface area contributed by atoms with Crippen molar-refractivity contribution in [1.82, 2.24) is 25.3 Å². The molecule has 7 heteroatoms. The quantitative estimate of drug-likeness (QED) is 0.718. The highest BCUT2D eigenvalue weighted by Crippen LogP contribution is 2.23. The fourth-order valence-corrected chi connectivity index (χ4v) is 4.41. The Morgan fingerprint density at radius 2 is 2.06 bits per heavy atom. The van der Waals surface area contributed by atoms with E-state index in [0.717, 1.165) is 30.6 Å². The number of aromatic nitrogens is 2. The van der Waals surface area contributed by atoms with E-state index >= 15 is 0 Å². The number of fused-ring (bicyclic) bond motifs is 1. The first kappa shape index (κ1) is 21.3. The Labute approximate surface area is 183 Å². The Hall–Kier alpha value is -2.93. The normalized spacial score (nSPS) is 19.3. The lowest BCUT2D eigenvalue weighted by Gasteiger charge is -2.34. The van der Waals surface area contributed by atoms with Crippen molar-refractivity contribution in [1.29, 1.82) is 0 Å². The van der Waals surface area contributed by atoms with Crippen LogP contribution in [0.4, 0.5) is 0 Å². The summed E-state index contributed by atoms with van der Waals surface area (Å²) in [5, 5.41) is 10.5. The van der Waals surface area contributed by atoms with Gasteiger partial charge in [0.25, 0.3) is 0 Å². The van der Waals surface area contributed by atoms with Crippen molar-refractivity contribution in [3.05, 3.63) is 58.9 Å². The van der Waals surface area contributed by atoms with Crippen molar-refractivity contribution < 1.29 is 9.59 Å². The molecule has 0 radical (unpaired) electrons. The van der Waals surface area contributed by atoms with E-state index in [1.807, 2.05) is 30.3 Å². The molecule has 7 nitrogen and oxygen atoms in total. The standard InChI is InChI=1S/C24H31N5O2/c1-28(17-21-19-11-5-6-12-20(19)26-27-21)23(30)16-22-24(31)25-13-15-29(22)14-7-10-18-8-3-2-4-9-18/h2-4,7-10,22H,5-6,11-17H2,1H3,(H,25,31)(H,26,27)/b10-7+/t22-/m0/s1. The topological polar surface area (TPSA) is 81.3 Å². The van der Waals surface area contributed by atoms with E-state index in [4.69, 9.17) is 0 Å². The first-order valence-electron chi connectivity index (χ1n) is 11.1. The van der Waals surface area contributed by atoms with Gasteiger partial charge in [-0.25, -0.2) is 0 Å². The molecule has 2 amide bonds. The Morgan fingerprint density at radius 3 is 2.90 bits per heavy atom.